The molecule has 0 bridgehead atoms. The fourth-order valence-corrected chi connectivity index (χ4v) is 4.64. The summed E-state index contributed by atoms with van der Waals surface area (Å²) in [4.78, 5) is 0. The predicted octanol–water partition coefficient (Wildman–Crippen LogP) is 2.22. The molecule has 1 aliphatic heterocycles. The third-order valence-electron chi connectivity index (χ3n) is 2.89. The molecule has 2 aromatic rings. The summed E-state index contributed by atoms with van der Waals surface area (Å²) < 4.78 is 2.77. The Morgan fingerprint density at radius 3 is 2.50 bits per heavy atom. The fraction of sp³-hybridized carbons (Fsp3) is 0.143. The maximum absolute atomic E-state index is 6.08. The van der Waals surface area contributed by atoms with E-state index in [2.05, 4.69) is 43.4 Å². The molecule has 0 amide bonds. The first-order chi connectivity index (χ1) is 8.13. The summed E-state index contributed by atoms with van der Waals surface area (Å²) >= 11 is 0.349. The van der Waals surface area contributed by atoms with Gasteiger partial charge in [-0.3, -0.25) is 0 Å². The first-order valence-electron chi connectivity index (χ1n) is 5.59. The van der Waals surface area contributed by atoms with Gasteiger partial charge in [0.2, 0.25) is 0 Å². The standard InChI is InChI=1S/C14H14N2Se.HI/c1-8-3-4-11-12(6-8)17-13-7-9(2)5-10(15)14(13)16-11;/h3-7,16H,15H2,1-2H3;1H. The molecule has 0 atom stereocenters. The summed E-state index contributed by atoms with van der Waals surface area (Å²) in [5.41, 5.74) is 11.8. The van der Waals surface area contributed by atoms with Crippen molar-refractivity contribution in [1.29, 1.82) is 0 Å². The van der Waals surface area contributed by atoms with E-state index in [1.54, 1.807) is 0 Å². The number of aryl methyl sites for hydroxylation is 2. The second kappa shape index (κ2) is 5.11. The van der Waals surface area contributed by atoms with E-state index in [9.17, 15) is 0 Å². The van der Waals surface area contributed by atoms with Crippen molar-refractivity contribution >= 4 is 64.9 Å². The minimum atomic E-state index is 0. The average Bonchev–Trinajstić information content (AvgIpc) is 2.26. The van der Waals surface area contributed by atoms with Gasteiger partial charge in [-0.1, -0.05) is 0 Å². The molecule has 0 saturated heterocycles. The molecule has 18 heavy (non-hydrogen) atoms. The van der Waals surface area contributed by atoms with Gasteiger partial charge in [0.25, 0.3) is 0 Å². The van der Waals surface area contributed by atoms with Gasteiger partial charge < -0.3 is 0 Å². The van der Waals surface area contributed by atoms with Crippen LogP contribution in [0.4, 0.5) is 17.1 Å². The van der Waals surface area contributed by atoms with Crippen LogP contribution >= 0.6 is 24.0 Å². The molecule has 0 radical (unpaired) electrons. The van der Waals surface area contributed by atoms with Crippen molar-refractivity contribution in [2.24, 2.45) is 0 Å². The van der Waals surface area contributed by atoms with Crippen LogP contribution in [0.25, 0.3) is 0 Å². The molecule has 2 nitrogen and oxygen atoms in total. The van der Waals surface area contributed by atoms with E-state index in [1.807, 2.05) is 6.07 Å². The van der Waals surface area contributed by atoms with Gasteiger partial charge in [0.05, 0.1) is 0 Å². The molecule has 1 aliphatic rings. The van der Waals surface area contributed by atoms with Crippen LogP contribution in [0.1, 0.15) is 11.1 Å². The van der Waals surface area contributed by atoms with Crippen LogP contribution in [0.5, 0.6) is 0 Å². The van der Waals surface area contributed by atoms with Crippen LogP contribution in [0.15, 0.2) is 30.3 Å². The second-order valence-corrected chi connectivity index (χ2v) is 6.73. The third kappa shape index (κ3) is 2.37. The summed E-state index contributed by atoms with van der Waals surface area (Å²) in [5.74, 6) is 0. The van der Waals surface area contributed by atoms with E-state index in [0.29, 0.717) is 15.0 Å². The number of rotatable bonds is 0. The molecule has 2 aromatic carbocycles. The van der Waals surface area contributed by atoms with E-state index >= 15 is 0 Å². The number of anilines is 3. The van der Waals surface area contributed by atoms with Crippen molar-refractivity contribution in [3.05, 3.63) is 41.5 Å². The molecule has 4 heteroatoms. The molecule has 0 aliphatic carbocycles. The van der Waals surface area contributed by atoms with Gasteiger partial charge in [-0.25, -0.2) is 0 Å². The maximum atomic E-state index is 6.08. The largest absolute Gasteiger partial charge is 0.107 e. The fourth-order valence-electron chi connectivity index (χ4n) is 2.06. The van der Waals surface area contributed by atoms with Crippen LogP contribution in [0.2, 0.25) is 0 Å². The molecule has 0 aromatic heterocycles. The van der Waals surface area contributed by atoms with Gasteiger partial charge in [-0.15, -0.1) is 24.0 Å². The molecular formula is C14H15IN2Se. The van der Waals surface area contributed by atoms with Crippen LogP contribution in [-0.2, 0) is 0 Å². The maximum Gasteiger partial charge on any atom is -0.107 e. The molecule has 0 unspecified atom stereocenters. The van der Waals surface area contributed by atoms with Gasteiger partial charge in [0.15, 0.2) is 0 Å². The van der Waals surface area contributed by atoms with E-state index in [-0.39, 0.29) is 24.0 Å². The monoisotopic (exact) mass is 418 g/mol. The third-order valence-corrected chi connectivity index (χ3v) is 5.20. The molecule has 3 rings (SSSR count). The van der Waals surface area contributed by atoms with E-state index in [4.69, 9.17) is 5.73 Å². The van der Waals surface area contributed by atoms with Crippen molar-refractivity contribution in [3.63, 3.8) is 0 Å². The number of nitrogen functional groups attached to an aromatic ring is 1. The number of hydrogen-bond acceptors (Lipinski definition) is 2. The first-order valence-corrected chi connectivity index (χ1v) is 7.30. The van der Waals surface area contributed by atoms with Gasteiger partial charge in [0, 0.05) is 0 Å². The van der Waals surface area contributed by atoms with Crippen molar-refractivity contribution in [2.45, 2.75) is 13.8 Å². The Morgan fingerprint density at radius 1 is 1.00 bits per heavy atom. The average molecular weight is 417 g/mol. The Labute approximate surface area is 131 Å². The van der Waals surface area contributed by atoms with Crippen LogP contribution in [0, 0.1) is 13.8 Å². The predicted molar refractivity (Wildman–Crippen MR) is 90.5 cm³/mol. The van der Waals surface area contributed by atoms with Crippen molar-refractivity contribution < 1.29 is 0 Å². The zero-order chi connectivity index (χ0) is 12.0. The van der Waals surface area contributed by atoms with Crippen molar-refractivity contribution in [1.82, 2.24) is 0 Å². The summed E-state index contributed by atoms with van der Waals surface area (Å²) in [6, 6.07) is 10.8. The van der Waals surface area contributed by atoms with Crippen molar-refractivity contribution in [3.8, 4) is 0 Å². The zero-order valence-electron chi connectivity index (χ0n) is 10.3. The minimum Gasteiger partial charge on any atom is -0.107 e. The number of nitrogens with one attached hydrogen (secondary N) is 1. The smallest absolute Gasteiger partial charge is 0.107 e. The normalized spacial score (nSPS) is 11.9. The summed E-state index contributed by atoms with van der Waals surface area (Å²) in [6.45, 7) is 4.23. The van der Waals surface area contributed by atoms with Gasteiger partial charge in [-0.05, 0) is 0 Å². The summed E-state index contributed by atoms with van der Waals surface area (Å²) in [6.07, 6.45) is 0. The van der Waals surface area contributed by atoms with Gasteiger partial charge in [0.1, 0.15) is 0 Å². The number of fused-ring (bicyclic) bond motifs is 2. The molecular weight excluding hydrogens is 402 g/mol. The number of halogens is 1. The summed E-state index contributed by atoms with van der Waals surface area (Å²) in [7, 11) is 0. The van der Waals surface area contributed by atoms with Gasteiger partial charge in [-0.2, -0.15) is 0 Å². The quantitative estimate of drug-likeness (QED) is 0.335. The van der Waals surface area contributed by atoms with E-state index in [1.165, 1.54) is 25.7 Å². The minimum absolute atomic E-state index is 0. The van der Waals surface area contributed by atoms with E-state index < -0.39 is 0 Å². The molecule has 0 spiro atoms. The summed E-state index contributed by atoms with van der Waals surface area (Å²) in [5, 5.41) is 3.45. The molecule has 94 valence electrons. The van der Waals surface area contributed by atoms with Crippen LogP contribution in [-0.4, -0.2) is 15.0 Å². The molecule has 0 saturated carbocycles. The zero-order valence-corrected chi connectivity index (χ0v) is 14.3. The Balaban J connectivity index is 0.00000120. The SMILES string of the molecule is Cc1ccc2c(c1)[Se]c1cc(C)cc(N)c1N2.I. The second-order valence-electron chi connectivity index (χ2n) is 4.45. The number of hydrogen-bond donors (Lipinski definition) is 2. The van der Waals surface area contributed by atoms with Crippen molar-refractivity contribution in [2.75, 3.05) is 11.1 Å². The molecule has 3 N–H and O–H groups in total. The van der Waals surface area contributed by atoms with Crippen LogP contribution in [0.3, 0.4) is 0 Å². The molecule has 0 fully saturated rings. The number of benzene rings is 2. The molecule has 1 heterocycles. The van der Waals surface area contributed by atoms with E-state index in [0.717, 1.165) is 11.4 Å². The van der Waals surface area contributed by atoms with Gasteiger partial charge >= 0.3 is 107 Å². The Morgan fingerprint density at radius 2 is 1.72 bits per heavy atom. The Hall–Kier alpha value is -0.711. The number of nitrogens with two attached hydrogens (primary N) is 1. The van der Waals surface area contributed by atoms with Crippen LogP contribution < -0.4 is 20.0 Å². The topological polar surface area (TPSA) is 38.0 Å². The Kier molecular flexibility index (Phi) is 3.90. The Bertz CT molecular complexity index is 611. The first kappa shape index (κ1) is 13.7.